The average molecular weight is 670 g/mol. The molecule has 0 aromatic carbocycles. The van der Waals surface area contributed by atoms with Gasteiger partial charge in [-0.25, -0.2) is 0 Å². The van der Waals surface area contributed by atoms with Crippen LogP contribution in [0.5, 0.6) is 0 Å². The van der Waals surface area contributed by atoms with Gasteiger partial charge >= 0.3 is 0 Å². The molecule has 4 heterocycles. The summed E-state index contributed by atoms with van der Waals surface area (Å²) in [4.78, 5) is 10.4. The van der Waals surface area contributed by atoms with E-state index in [2.05, 4.69) is 48.1 Å². The molecule has 0 atom stereocenters. The summed E-state index contributed by atoms with van der Waals surface area (Å²) in [7, 11) is 3.74. The van der Waals surface area contributed by atoms with Crippen molar-refractivity contribution in [2.45, 2.75) is 63.5 Å². The topological polar surface area (TPSA) is 160 Å². The second-order valence-electron chi connectivity index (χ2n) is 8.23. The van der Waals surface area contributed by atoms with Crippen molar-refractivity contribution in [3.05, 3.63) is 21.3 Å². The first kappa shape index (κ1) is 45.2. The first-order valence-electron chi connectivity index (χ1n) is 12.3. The molecule has 0 aliphatic carbocycles. The maximum absolute atomic E-state index is 10.4. The van der Waals surface area contributed by atoms with Gasteiger partial charge in [0.1, 0.15) is 5.78 Å². The molecule has 0 bridgehead atoms. The Labute approximate surface area is 272 Å². The fourth-order valence-corrected chi connectivity index (χ4v) is 3.58. The monoisotopic (exact) mass is 670 g/mol. The van der Waals surface area contributed by atoms with Gasteiger partial charge in [0.05, 0.1) is 0 Å². The molecule has 37 heavy (non-hydrogen) atoms. The van der Waals surface area contributed by atoms with Gasteiger partial charge in [-0.3, -0.25) is 26.9 Å². The minimum atomic E-state index is 0. The van der Waals surface area contributed by atoms with Crippen LogP contribution < -0.4 is 27.5 Å². The van der Waals surface area contributed by atoms with Crippen molar-refractivity contribution in [3.63, 3.8) is 0 Å². The summed E-state index contributed by atoms with van der Waals surface area (Å²) in [5, 5.41) is 20.7. The van der Waals surface area contributed by atoms with Crippen LogP contribution in [0.25, 0.3) is 21.3 Å². The number of hydrazine groups is 2. The van der Waals surface area contributed by atoms with Gasteiger partial charge in [-0.15, -0.1) is 52.4 Å². The van der Waals surface area contributed by atoms with E-state index in [0.717, 1.165) is 78.0 Å². The minimum Gasteiger partial charge on any atom is -0.662 e. The summed E-state index contributed by atoms with van der Waals surface area (Å²) in [6, 6.07) is 1.17. The van der Waals surface area contributed by atoms with Crippen LogP contribution in [0.3, 0.4) is 0 Å². The number of hydrogen-bond donors (Lipinski definition) is 5. The standard InChI is InChI=1S/C6H14N3.C6H12N3.C5H12N3.C5H8NO.4V/c2*1-7-9-6-2-4-8-5-3-6;6-8-5-1-3-7-4-2-5;7-5-1-3-6-4-2-5;;;;/h6-7,9H,2-5H2,1H3;7H,2-5H2,1H3;5,8H,1-4,6H2;1-4H2;;;;/q4*-1;;;;. The van der Waals surface area contributed by atoms with Crippen molar-refractivity contribution in [2.24, 2.45) is 10.9 Å². The van der Waals surface area contributed by atoms with E-state index < -0.39 is 0 Å². The van der Waals surface area contributed by atoms with Gasteiger partial charge in [-0.2, -0.15) is 5.10 Å². The average Bonchev–Trinajstić information content (AvgIpc) is 2.88. The summed E-state index contributed by atoms with van der Waals surface area (Å²) >= 11 is 0. The second kappa shape index (κ2) is 33.4. The number of Topliss-reactive ketones (excluding diaryl/α,β-unsaturated/α-hetero) is 1. The van der Waals surface area contributed by atoms with Crippen LogP contribution in [0.1, 0.15) is 51.4 Å². The van der Waals surface area contributed by atoms with Gasteiger partial charge in [0.15, 0.2) is 0 Å². The molecule has 11 nitrogen and oxygen atoms in total. The first-order chi connectivity index (χ1) is 16.2. The zero-order valence-corrected chi connectivity index (χ0v) is 28.1. The van der Waals surface area contributed by atoms with Crippen LogP contribution in [0, 0.1) is 0 Å². The van der Waals surface area contributed by atoms with E-state index in [1.807, 2.05) is 14.1 Å². The van der Waals surface area contributed by atoms with E-state index >= 15 is 0 Å². The normalized spacial score (nSPS) is 19.5. The van der Waals surface area contributed by atoms with Crippen molar-refractivity contribution in [2.75, 3.05) is 66.5 Å². The van der Waals surface area contributed by atoms with E-state index in [4.69, 9.17) is 5.84 Å². The van der Waals surface area contributed by atoms with Crippen molar-refractivity contribution in [1.29, 1.82) is 0 Å². The summed E-state index contributed by atoms with van der Waals surface area (Å²) < 4.78 is 0. The number of nitrogens with two attached hydrogens (primary N) is 1. The van der Waals surface area contributed by atoms with Crippen LogP contribution in [-0.2, 0) is 79.0 Å². The molecular formula is C22H46N10OV4-4. The molecule has 4 fully saturated rings. The maximum Gasteiger partial charge on any atom is 0.129 e. The zero-order valence-electron chi connectivity index (χ0n) is 22.5. The van der Waals surface area contributed by atoms with Crippen molar-refractivity contribution >= 4 is 11.5 Å². The largest absolute Gasteiger partial charge is 0.662 e. The number of piperidine rings is 4. The number of nitrogens with one attached hydrogen (secondary N) is 4. The molecule has 6 N–H and O–H groups in total. The Balaban J connectivity index is -0.000000190. The minimum absolute atomic E-state index is 0. The zero-order chi connectivity index (χ0) is 24.0. The maximum atomic E-state index is 10.4. The van der Waals surface area contributed by atoms with Crippen LogP contribution in [0.2, 0.25) is 0 Å². The smallest absolute Gasteiger partial charge is 0.129 e. The molecule has 0 aromatic rings. The van der Waals surface area contributed by atoms with E-state index in [0.29, 0.717) is 30.7 Å². The molecular weight excluding hydrogens is 624 g/mol. The summed E-state index contributed by atoms with van der Waals surface area (Å²) in [6.07, 6.45) is 8.02. The van der Waals surface area contributed by atoms with E-state index in [9.17, 15) is 4.79 Å². The Morgan fingerprint density at radius 1 is 0.676 bits per heavy atom. The predicted molar refractivity (Wildman–Crippen MR) is 138 cm³/mol. The fraction of sp³-hybridized carbons (Fsp3) is 0.909. The molecule has 0 unspecified atom stereocenters. The van der Waals surface area contributed by atoms with E-state index in [1.165, 1.54) is 18.6 Å². The molecule has 15 heteroatoms. The van der Waals surface area contributed by atoms with Gasteiger partial charge in [-0.1, -0.05) is 25.7 Å². The Bertz CT molecular complexity index is 493. The van der Waals surface area contributed by atoms with Crippen molar-refractivity contribution in [3.8, 4) is 0 Å². The van der Waals surface area contributed by atoms with Crippen molar-refractivity contribution < 1.29 is 79.0 Å². The second-order valence-corrected chi connectivity index (χ2v) is 8.23. The number of ketones is 1. The Kier molecular flexibility index (Phi) is 40.7. The van der Waals surface area contributed by atoms with Gasteiger partial charge in [0.25, 0.3) is 0 Å². The molecule has 4 aliphatic heterocycles. The van der Waals surface area contributed by atoms with Gasteiger partial charge < -0.3 is 26.7 Å². The van der Waals surface area contributed by atoms with Crippen LogP contribution in [0.4, 0.5) is 0 Å². The number of rotatable bonds is 4. The summed E-state index contributed by atoms with van der Waals surface area (Å²) in [5.74, 6) is 5.58. The van der Waals surface area contributed by atoms with Gasteiger partial charge in [-0.05, 0) is 32.7 Å². The third-order valence-electron chi connectivity index (χ3n) is 5.61. The molecule has 0 saturated carbocycles. The van der Waals surface area contributed by atoms with Crippen LogP contribution in [0.15, 0.2) is 5.10 Å². The molecule has 4 aliphatic rings. The van der Waals surface area contributed by atoms with Crippen molar-refractivity contribution in [1.82, 2.24) is 21.7 Å². The number of hydrazone groups is 1. The molecule has 4 radical (unpaired) electrons. The first-order valence-corrected chi connectivity index (χ1v) is 12.3. The molecule has 0 spiro atoms. The summed E-state index contributed by atoms with van der Waals surface area (Å²) in [6.45, 7) is 7.46. The van der Waals surface area contributed by atoms with Gasteiger partial charge in [0.2, 0.25) is 0 Å². The van der Waals surface area contributed by atoms with E-state index in [1.54, 1.807) is 0 Å². The quantitative estimate of drug-likeness (QED) is 0.226. The SMILES string of the molecule is CNN=C1CC[N-]CC1.CNNC1CC[N-]CC1.NNC1CC[N-]CC1.O=C1CC[N-]CC1.[V].[V].[V].[V]. The Hall–Kier alpha value is 1.16. The molecule has 4 saturated heterocycles. The summed E-state index contributed by atoms with van der Waals surface area (Å²) in [5.41, 5.74) is 12.9. The van der Waals surface area contributed by atoms with Crippen LogP contribution in [-0.4, -0.2) is 90.0 Å². The molecule has 4 rings (SSSR count). The van der Waals surface area contributed by atoms with Crippen LogP contribution >= 0.6 is 0 Å². The molecule has 0 aromatic heterocycles. The molecule has 214 valence electrons. The van der Waals surface area contributed by atoms with Gasteiger partial charge in [0, 0.05) is 99.1 Å². The number of carbonyl (C=O) groups excluding carboxylic acids is 1. The Morgan fingerprint density at radius 3 is 1.41 bits per heavy atom. The fourth-order valence-electron chi connectivity index (χ4n) is 3.58. The third-order valence-corrected chi connectivity index (χ3v) is 5.61. The predicted octanol–water partition coefficient (Wildman–Crippen LogP) is 1.67. The Morgan fingerprint density at radius 2 is 1.08 bits per heavy atom. The molecule has 0 amide bonds. The van der Waals surface area contributed by atoms with E-state index in [-0.39, 0.29) is 74.2 Å². The number of hydrogen-bond acceptors (Lipinski definition) is 7. The number of carbonyl (C=O) groups is 1. The third kappa shape index (κ3) is 27.1. The number of nitrogens with zero attached hydrogens (tertiary/aromatic N) is 5.